The summed E-state index contributed by atoms with van der Waals surface area (Å²) < 4.78 is 29.3. The van der Waals surface area contributed by atoms with Crippen molar-refractivity contribution in [2.75, 3.05) is 5.32 Å². The fourth-order valence-corrected chi connectivity index (χ4v) is 4.72. The second kappa shape index (κ2) is 8.20. The van der Waals surface area contributed by atoms with Gasteiger partial charge in [-0.25, -0.2) is 8.78 Å². The van der Waals surface area contributed by atoms with Crippen molar-refractivity contribution < 1.29 is 13.6 Å². The van der Waals surface area contributed by atoms with Gasteiger partial charge in [-0.05, 0) is 23.3 Å². The van der Waals surface area contributed by atoms with Gasteiger partial charge in [-0.3, -0.25) is 9.59 Å². The van der Waals surface area contributed by atoms with E-state index in [1.54, 1.807) is 17.7 Å². The van der Waals surface area contributed by atoms with Crippen LogP contribution in [0.15, 0.2) is 52.4 Å². The van der Waals surface area contributed by atoms with Gasteiger partial charge in [0.1, 0.15) is 17.5 Å². The number of hydrogen-bond acceptors (Lipinski definition) is 4. The van der Waals surface area contributed by atoms with Crippen LogP contribution in [0.1, 0.15) is 29.0 Å². The molecule has 4 rings (SSSR count). The van der Waals surface area contributed by atoms with Crippen LogP contribution in [-0.4, -0.2) is 15.5 Å². The minimum atomic E-state index is -0.844. The SMILES string of the molecule is Cn1c(SCc2ccccc2Cl)nc(=O)c2c1NC(=O)C[C@@H]2c1ccc(F)cc1F. The number of rotatable bonds is 4. The molecule has 0 aliphatic carbocycles. The minimum Gasteiger partial charge on any atom is -0.312 e. The van der Waals surface area contributed by atoms with Gasteiger partial charge in [-0.15, -0.1) is 0 Å². The smallest absolute Gasteiger partial charge is 0.279 e. The minimum absolute atomic E-state index is 0.0860. The topological polar surface area (TPSA) is 64.0 Å². The van der Waals surface area contributed by atoms with E-state index in [4.69, 9.17) is 11.6 Å². The van der Waals surface area contributed by atoms with E-state index in [1.807, 2.05) is 18.2 Å². The standard InChI is InChI=1S/C21H16ClF2N3O2S/c1-27-19-18(14(9-17(28)25-19)13-7-6-12(23)8-16(13)24)20(29)26-21(27)30-10-11-4-2-3-5-15(11)22/h2-8,14H,9-10H2,1H3,(H,25,28)/t14-/m1/s1. The molecule has 9 heteroatoms. The third-order valence-corrected chi connectivity index (χ3v) is 6.40. The number of halogens is 3. The Hall–Kier alpha value is -2.71. The van der Waals surface area contributed by atoms with Crippen LogP contribution in [0.25, 0.3) is 0 Å². The molecule has 2 aromatic carbocycles. The van der Waals surface area contributed by atoms with Gasteiger partial charge < -0.3 is 9.88 Å². The van der Waals surface area contributed by atoms with Crippen LogP contribution in [0.5, 0.6) is 0 Å². The molecular weight excluding hydrogens is 432 g/mol. The molecule has 0 radical (unpaired) electrons. The van der Waals surface area contributed by atoms with E-state index in [-0.39, 0.29) is 29.3 Å². The van der Waals surface area contributed by atoms with Crippen LogP contribution in [0, 0.1) is 11.6 Å². The Balaban J connectivity index is 1.75. The highest BCUT2D eigenvalue weighted by Gasteiger charge is 2.33. The van der Waals surface area contributed by atoms with Crippen LogP contribution in [0.4, 0.5) is 14.6 Å². The lowest BCUT2D eigenvalue weighted by Gasteiger charge is -2.27. The number of aromatic nitrogens is 2. The Morgan fingerprint density at radius 1 is 1.23 bits per heavy atom. The van der Waals surface area contributed by atoms with Gasteiger partial charge in [-0.2, -0.15) is 4.98 Å². The van der Waals surface area contributed by atoms with Crippen molar-refractivity contribution in [2.24, 2.45) is 7.05 Å². The summed E-state index contributed by atoms with van der Waals surface area (Å²) in [6.45, 7) is 0. The lowest BCUT2D eigenvalue weighted by Crippen LogP contribution is -2.33. The normalized spacial score (nSPS) is 15.6. The van der Waals surface area contributed by atoms with Gasteiger partial charge in [0.2, 0.25) is 5.91 Å². The van der Waals surface area contributed by atoms with Crippen molar-refractivity contribution in [2.45, 2.75) is 23.2 Å². The summed E-state index contributed by atoms with van der Waals surface area (Å²) in [4.78, 5) is 29.3. The predicted octanol–water partition coefficient (Wildman–Crippen LogP) is 4.48. The fourth-order valence-electron chi connectivity index (χ4n) is 3.47. The van der Waals surface area contributed by atoms with Crippen molar-refractivity contribution in [1.82, 2.24) is 9.55 Å². The van der Waals surface area contributed by atoms with Crippen LogP contribution >= 0.6 is 23.4 Å². The van der Waals surface area contributed by atoms with E-state index in [9.17, 15) is 18.4 Å². The molecule has 30 heavy (non-hydrogen) atoms. The number of amides is 1. The third-order valence-electron chi connectivity index (χ3n) is 4.95. The van der Waals surface area contributed by atoms with Gasteiger partial charge >= 0.3 is 0 Å². The molecule has 0 bridgehead atoms. The average Bonchev–Trinajstić information content (AvgIpc) is 2.70. The molecule has 5 nitrogen and oxygen atoms in total. The molecule has 1 amide bonds. The molecule has 0 saturated carbocycles. The van der Waals surface area contributed by atoms with E-state index in [0.717, 1.165) is 17.7 Å². The van der Waals surface area contributed by atoms with Crippen molar-refractivity contribution in [3.05, 3.63) is 86.2 Å². The van der Waals surface area contributed by atoms with Crippen molar-refractivity contribution >= 4 is 35.1 Å². The molecule has 0 saturated heterocycles. The van der Waals surface area contributed by atoms with Crippen molar-refractivity contribution in [1.29, 1.82) is 0 Å². The number of hydrogen-bond donors (Lipinski definition) is 1. The Morgan fingerprint density at radius 2 is 2.00 bits per heavy atom. The predicted molar refractivity (Wildman–Crippen MR) is 112 cm³/mol. The molecule has 1 aliphatic rings. The molecule has 2 heterocycles. The van der Waals surface area contributed by atoms with E-state index >= 15 is 0 Å². The van der Waals surface area contributed by atoms with Crippen molar-refractivity contribution in [3.8, 4) is 0 Å². The number of nitrogens with one attached hydrogen (secondary N) is 1. The number of thioether (sulfide) groups is 1. The van der Waals surface area contributed by atoms with E-state index < -0.39 is 23.1 Å². The number of nitrogens with zero attached hydrogens (tertiary/aromatic N) is 2. The summed E-state index contributed by atoms with van der Waals surface area (Å²) in [7, 11) is 1.67. The number of benzene rings is 2. The second-order valence-electron chi connectivity index (χ2n) is 6.87. The summed E-state index contributed by atoms with van der Waals surface area (Å²) in [5.74, 6) is -2.00. The van der Waals surface area contributed by atoms with Crippen LogP contribution in [0.2, 0.25) is 5.02 Å². The highest BCUT2D eigenvalue weighted by Crippen LogP contribution is 2.37. The zero-order chi connectivity index (χ0) is 21.4. The molecule has 154 valence electrons. The monoisotopic (exact) mass is 447 g/mol. The van der Waals surface area contributed by atoms with E-state index in [0.29, 0.717) is 15.9 Å². The maximum Gasteiger partial charge on any atom is 0.279 e. The molecule has 0 spiro atoms. The second-order valence-corrected chi connectivity index (χ2v) is 8.22. The lowest BCUT2D eigenvalue weighted by atomic mass is 9.86. The van der Waals surface area contributed by atoms with Gasteiger partial charge in [0.15, 0.2) is 5.16 Å². The largest absolute Gasteiger partial charge is 0.312 e. The zero-order valence-corrected chi connectivity index (χ0v) is 17.4. The molecule has 0 unspecified atom stereocenters. The lowest BCUT2D eigenvalue weighted by molar-refractivity contribution is -0.116. The first-order valence-electron chi connectivity index (χ1n) is 9.07. The van der Waals surface area contributed by atoms with Gasteiger partial charge in [0, 0.05) is 36.2 Å². The Labute approximate surface area is 180 Å². The van der Waals surface area contributed by atoms with Gasteiger partial charge in [-0.1, -0.05) is 47.6 Å². The van der Waals surface area contributed by atoms with Crippen LogP contribution < -0.4 is 10.9 Å². The molecule has 1 aliphatic heterocycles. The van der Waals surface area contributed by atoms with Gasteiger partial charge in [0.05, 0.1) is 5.56 Å². The quantitative estimate of drug-likeness (QED) is 0.473. The maximum absolute atomic E-state index is 14.4. The highest BCUT2D eigenvalue weighted by molar-refractivity contribution is 7.98. The molecule has 1 aromatic heterocycles. The van der Waals surface area contributed by atoms with Crippen molar-refractivity contribution in [3.63, 3.8) is 0 Å². The number of carbonyl (C=O) groups is 1. The van der Waals surface area contributed by atoms with Crippen LogP contribution in [0.3, 0.4) is 0 Å². The highest BCUT2D eigenvalue weighted by atomic mass is 35.5. The first kappa shape index (κ1) is 20.6. The summed E-state index contributed by atoms with van der Waals surface area (Å²) in [6, 6.07) is 10.5. The zero-order valence-electron chi connectivity index (χ0n) is 15.8. The third kappa shape index (κ3) is 3.85. The van der Waals surface area contributed by atoms with Gasteiger partial charge in [0.25, 0.3) is 5.56 Å². The summed E-state index contributed by atoms with van der Waals surface area (Å²) >= 11 is 7.48. The van der Waals surface area contributed by atoms with E-state index in [2.05, 4.69) is 10.3 Å². The molecule has 0 fully saturated rings. The first-order valence-corrected chi connectivity index (χ1v) is 10.4. The average molecular weight is 448 g/mol. The molecule has 3 aromatic rings. The molecule has 1 atom stereocenters. The van der Waals surface area contributed by atoms with E-state index in [1.165, 1.54) is 17.8 Å². The molecular formula is C21H16ClF2N3O2S. The fraction of sp³-hybridized carbons (Fsp3) is 0.190. The molecule has 1 N–H and O–H groups in total. The maximum atomic E-state index is 14.4. The number of carbonyl (C=O) groups excluding carboxylic acids is 1. The van der Waals surface area contributed by atoms with Crippen LogP contribution in [-0.2, 0) is 17.6 Å². The Bertz CT molecular complexity index is 1220. The Kier molecular flexibility index (Phi) is 5.62. The first-order chi connectivity index (χ1) is 14.3. The number of anilines is 1. The summed E-state index contributed by atoms with van der Waals surface area (Å²) in [5, 5.41) is 3.69. The summed E-state index contributed by atoms with van der Waals surface area (Å²) in [5.41, 5.74) is 0.595. The Morgan fingerprint density at radius 3 is 2.73 bits per heavy atom. The number of fused-ring (bicyclic) bond motifs is 1. The summed E-state index contributed by atoms with van der Waals surface area (Å²) in [6.07, 6.45) is -0.126.